The van der Waals surface area contributed by atoms with Gasteiger partial charge < -0.3 is 15.2 Å². The number of para-hydroxylation sites is 1. The van der Waals surface area contributed by atoms with Crippen LogP contribution < -0.4 is 10.6 Å². The Morgan fingerprint density at radius 3 is 2.96 bits per heavy atom. The third-order valence-corrected chi connectivity index (χ3v) is 5.34. The number of carbonyl (C=O) groups is 1. The van der Waals surface area contributed by atoms with Gasteiger partial charge in [0, 0.05) is 37.2 Å². The molecule has 1 aliphatic heterocycles. The number of aromatic nitrogens is 3. The number of thiazole rings is 1. The molecule has 128 valence electrons. The summed E-state index contributed by atoms with van der Waals surface area (Å²) < 4.78 is 3.12. The summed E-state index contributed by atoms with van der Waals surface area (Å²) in [6.45, 7) is 1.39. The van der Waals surface area contributed by atoms with E-state index in [1.54, 1.807) is 23.7 Å². The average molecular weight is 361 g/mol. The van der Waals surface area contributed by atoms with Gasteiger partial charge in [0.1, 0.15) is 11.2 Å². The van der Waals surface area contributed by atoms with Crippen molar-refractivity contribution in [1.82, 2.24) is 19.9 Å². The van der Waals surface area contributed by atoms with Crippen LogP contribution in [0, 0.1) is 0 Å². The molecular formula is C19H15N5OS. The Kier molecular flexibility index (Phi) is 3.46. The first-order chi connectivity index (χ1) is 12.8. The minimum Gasteiger partial charge on any atom is -0.351 e. The normalized spacial score (nSPS) is 13.5. The monoisotopic (exact) mass is 361 g/mol. The lowest BCUT2D eigenvalue weighted by molar-refractivity contribution is 0.0929. The number of rotatable bonds is 3. The predicted molar refractivity (Wildman–Crippen MR) is 103 cm³/mol. The van der Waals surface area contributed by atoms with E-state index in [0.717, 1.165) is 39.3 Å². The van der Waals surface area contributed by atoms with E-state index in [9.17, 15) is 4.79 Å². The summed E-state index contributed by atoms with van der Waals surface area (Å²) in [5, 5.41) is 6.42. The fourth-order valence-electron chi connectivity index (χ4n) is 3.35. The molecule has 0 bridgehead atoms. The molecule has 2 N–H and O–H groups in total. The predicted octanol–water partition coefficient (Wildman–Crippen LogP) is 3.65. The maximum atomic E-state index is 12.6. The fraction of sp³-hybridized carbons (Fsp3) is 0.105. The van der Waals surface area contributed by atoms with E-state index in [1.165, 1.54) is 0 Å². The lowest BCUT2D eigenvalue weighted by Gasteiger charge is -2.18. The second kappa shape index (κ2) is 5.96. The maximum absolute atomic E-state index is 12.6. The van der Waals surface area contributed by atoms with Crippen molar-refractivity contribution in [2.75, 3.05) is 11.9 Å². The van der Waals surface area contributed by atoms with E-state index in [4.69, 9.17) is 0 Å². The number of anilines is 2. The maximum Gasteiger partial charge on any atom is 0.270 e. The number of hydrogen-bond acceptors (Lipinski definition) is 5. The van der Waals surface area contributed by atoms with Gasteiger partial charge in [-0.25, -0.2) is 4.98 Å². The Morgan fingerprint density at radius 1 is 1.19 bits per heavy atom. The Labute approximate surface area is 153 Å². The van der Waals surface area contributed by atoms with Gasteiger partial charge in [0.15, 0.2) is 0 Å². The standard InChI is InChI=1S/C19H15N5OS/c25-19-18-16(23-14-2-1-3-15-17(14)22-11-26-15)13(10-24(18)9-8-21-19)12-4-6-20-7-5-12/h1-7,10-11,23H,8-9H2,(H,21,25). The number of fused-ring (bicyclic) bond motifs is 2. The van der Waals surface area contributed by atoms with Gasteiger partial charge in [-0.05, 0) is 29.8 Å². The zero-order valence-electron chi connectivity index (χ0n) is 13.8. The van der Waals surface area contributed by atoms with Crippen molar-refractivity contribution in [1.29, 1.82) is 0 Å². The molecule has 6 nitrogen and oxygen atoms in total. The SMILES string of the molecule is O=C1NCCn2cc(-c3ccncc3)c(Nc3cccc4scnc34)c21. The lowest BCUT2D eigenvalue weighted by Crippen LogP contribution is -2.35. The molecule has 3 aromatic heterocycles. The summed E-state index contributed by atoms with van der Waals surface area (Å²) in [4.78, 5) is 21.1. The van der Waals surface area contributed by atoms with Crippen molar-refractivity contribution < 1.29 is 4.79 Å². The number of nitrogens with zero attached hydrogens (tertiary/aromatic N) is 3. The van der Waals surface area contributed by atoms with Crippen molar-refractivity contribution in [2.45, 2.75) is 6.54 Å². The van der Waals surface area contributed by atoms with Crippen LogP contribution in [-0.2, 0) is 6.54 Å². The molecular weight excluding hydrogens is 346 g/mol. The Bertz CT molecular complexity index is 1120. The van der Waals surface area contributed by atoms with Crippen LogP contribution in [0.2, 0.25) is 0 Å². The quantitative estimate of drug-likeness (QED) is 0.584. The van der Waals surface area contributed by atoms with Crippen LogP contribution in [0.1, 0.15) is 10.5 Å². The molecule has 0 saturated heterocycles. The highest BCUT2D eigenvalue weighted by atomic mass is 32.1. The van der Waals surface area contributed by atoms with Crippen LogP contribution in [0.25, 0.3) is 21.3 Å². The van der Waals surface area contributed by atoms with Gasteiger partial charge >= 0.3 is 0 Å². The Balaban J connectivity index is 1.71. The number of hydrogen-bond donors (Lipinski definition) is 2. The number of carbonyl (C=O) groups excluding carboxylic acids is 1. The van der Waals surface area contributed by atoms with Crippen molar-refractivity contribution in [3.63, 3.8) is 0 Å². The van der Waals surface area contributed by atoms with Crippen LogP contribution in [0.4, 0.5) is 11.4 Å². The number of pyridine rings is 1. The summed E-state index contributed by atoms with van der Waals surface area (Å²) in [6.07, 6.45) is 5.56. The van der Waals surface area contributed by atoms with E-state index in [1.807, 2.05) is 46.6 Å². The van der Waals surface area contributed by atoms with Gasteiger partial charge in [0.2, 0.25) is 0 Å². The molecule has 7 heteroatoms. The summed E-state index contributed by atoms with van der Waals surface area (Å²) in [6, 6.07) is 9.94. The Morgan fingerprint density at radius 2 is 2.08 bits per heavy atom. The van der Waals surface area contributed by atoms with Gasteiger partial charge in [-0.1, -0.05) is 6.07 Å². The highest BCUT2D eigenvalue weighted by molar-refractivity contribution is 7.16. The molecule has 5 rings (SSSR count). The molecule has 1 aromatic carbocycles. The molecule has 0 unspecified atom stereocenters. The third-order valence-electron chi connectivity index (χ3n) is 4.54. The first-order valence-corrected chi connectivity index (χ1v) is 9.20. The highest BCUT2D eigenvalue weighted by Crippen LogP contribution is 2.37. The van der Waals surface area contributed by atoms with Gasteiger partial charge in [-0.15, -0.1) is 11.3 Å². The molecule has 4 heterocycles. The summed E-state index contributed by atoms with van der Waals surface area (Å²) in [5.41, 5.74) is 7.08. The average Bonchev–Trinajstić information content (AvgIpc) is 3.29. The molecule has 4 aromatic rings. The van der Waals surface area contributed by atoms with Crippen molar-refractivity contribution in [3.8, 4) is 11.1 Å². The summed E-state index contributed by atoms with van der Waals surface area (Å²) in [7, 11) is 0. The number of benzene rings is 1. The van der Waals surface area contributed by atoms with Crippen LogP contribution >= 0.6 is 11.3 Å². The Hall–Kier alpha value is -3.19. The molecule has 0 radical (unpaired) electrons. The zero-order chi connectivity index (χ0) is 17.5. The number of nitrogens with one attached hydrogen (secondary N) is 2. The molecule has 0 atom stereocenters. The largest absolute Gasteiger partial charge is 0.351 e. The molecule has 1 aliphatic rings. The molecule has 1 amide bonds. The third kappa shape index (κ3) is 2.36. The summed E-state index contributed by atoms with van der Waals surface area (Å²) in [5.74, 6) is -0.0653. The van der Waals surface area contributed by atoms with E-state index in [0.29, 0.717) is 12.2 Å². The molecule has 0 saturated carbocycles. The van der Waals surface area contributed by atoms with Crippen LogP contribution in [-0.4, -0.2) is 27.0 Å². The van der Waals surface area contributed by atoms with Gasteiger partial charge in [0.25, 0.3) is 5.91 Å². The van der Waals surface area contributed by atoms with Crippen molar-refractivity contribution in [2.24, 2.45) is 0 Å². The van der Waals surface area contributed by atoms with E-state index < -0.39 is 0 Å². The number of amides is 1. The first-order valence-electron chi connectivity index (χ1n) is 8.32. The molecule has 0 aliphatic carbocycles. The van der Waals surface area contributed by atoms with E-state index in [2.05, 4.69) is 20.6 Å². The smallest absolute Gasteiger partial charge is 0.270 e. The molecule has 26 heavy (non-hydrogen) atoms. The minimum atomic E-state index is -0.0653. The highest BCUT2D eigenvalue weighted by Gasteiger charge is 2.26. The van der Waals surface area contributed by atoms with Crippen molar-refractivity contribution in [3.05, 3.63) is 60.1 Å². The first kappa shape index (κ1) is 15.1. The second-order valence-electron chi connectivity index (χ2n) is 6.08. The van der Waals surface area contributed by atoms with E-state index in [-0.39, 0.29) is 5.91 Å². The fourth-order valence-corrected chi connectivity index (χ4v) is 4.05. The van der Waals surface area contributed by atoms with Crippen LogP contribution in [0.15, 0.2) is 54.4 Å². The van der Waals surface area contributed by atoms with Gasteiger partial charge in [-0.2, -0.15) is 0 Å². The second-order valence-corrected chi connectivity index (χ2v) is 6.97. The van der Waals surface area contributed by atoms with Crippen molar-refractivity contribution >= 4 is 38.8 Å². The van der Waals surface area contributed by atoms with Crippen LogP contribution in [0.3, 0.4) is 0 Å². The van der Waals surface area contributed by atoms with Crippen LogP contribution in [0.5, 0.6) is 0 Å². The van der Waals surface area contributed by atoms with Gasteiger partial charge in [-0.3, -0.25) is 9.78 Å². The van der Waals surface area contributed by atoms with Gasteiger partial charge in [0.05, 0.1) is 21.6 Å². The van der Waals surface area contributed by atoms with E-state index >= 15 is 0 Å². The topological polar surface area (TPSA) is 71.8 Å². The molecule has 0 fully saturated rings. The zero-order valence-corrected chi connectivity index (χ0v) is 14.6. The molecule has 0 spiro atoms. The lowest BCUT2D eigenvalue weighted by atomic mass is 10.1. The summed E-state index contributed by atoms with van der Waals surface area (Å²) >= 11 is 1.60. The minimum absolute atomic E-state index is 0.0653.